The molecule has 0 saturated carbocycles. The zero-order valence-electron chi connectivity index (χ0n) is 9.85. The highest BCUT2D eigenvalue weighted by atomic mass is 16.2. The molecule has 5 nitrogen and oxygen atoms in total. The van der Waals surface area contributed by atoms with Gasteiger partial charge in [-0.15, -0.1) is 0 Å². The van der Waals surface area contributed by atoms with E-state index in [1.165, 1.54) is 0 Å². The first-order chi connectivity index (χ1) is 8.15. The third-order valence-corrected chi connectivity index (χ3v) is 2.45. The molecule has 0 aliphatic rings. The van der Waals surface area contributed by atoms with E-state index in [4.69, 9.17) is 5.73 Å². The van der Waals surface area contributed by atoms with Crippen molar-refractivity contribution in [1.29, 1.82) is 0 Å². The molecule has 0 saturated heterocycles. The van der Waals surface area contributed by atoms with Crippen LogP contribution in [0, 0.1) is 5.92 Å². The zero-order valence-corrected chi connectivity index (χ0v) is 9.85. The maximum atomic E-state index is 11.7. The van der Waals surface area contributed by atoms with E-state index in [2.05, 4.69) is 10.3 Å². The van der Waals surface area contributed by atoms with Crippen molar-refractivity contribution in [3.05, 3.63) is 30.1 Å². The molecule has 1 rings (SSSR count). The Morgan fingerprint density at radius 2 is 2.06 bits per heavy atom. The topological polar surface area (TPSA) is 85.1 Å². The van der Waals surface area contributed by atoms with Crippen LogP contribution in [0.25, 0.3) is 0 Å². The number of primary amides is 1. The molecule has 1 atom stereocenters. The number of carbonyl (C=O) groups excluding carboxylic acids is 2. The summed E-state index contributed by atoms with van der Waals surface area (Å²) < 4.78 is 0. The minimum Gasteiger partial charge on any atom is -0.369 e. The molecule has 3 N–H and O–H groups in total. The van der Waals surface area contributed by atoms with Gasteiger partial charge in [0.15, 0.2) is 0 Å². The van der Waals surface area contributed by atoms with E-state index in [1.54, 1.807) is 24.5 Å². The Labute approximate surface area is 100 Å². The summed E-state index contributed by atoms with van der Waals surface area (Å²) in [7, 11) is 0. The van der Waals surface area contributed by atoms with Gasteiger partial charge in [-0.1, -0.05) is 13.3 Å². The van der Waals surface area contributed by atoms with E-state index < -0.39 is 11.8 Å². The minimum atomic E-state index is -0.734. The van der Waals surface area contributed by atoms with Crippen molar-refractivity contribution in [1.82, 2.24) is 10.3 Å². The molecular formula is C12H17N3O2. The summed E-state index contributed by atoms with van der Waals surface area (Å²) in [6.45, 7) is 2.29. The number of hydrogen-bond donors (Lipinski definition) is 2. The second-order valence-corrected chi connectivity index (χ2v) is 3.82. The highest BCUT2D eigenvalue weighted by Crippen LogP contribution is 2.06. The molecule has 17 heavy (non-hydrogen) atoms. The summed E-state index contributed by atoms with van der Waals surface area (Å²) in [6, 6.07) is 3.61. The molecule has 0 fully saturated rings. The van der Waals surface area contributed by atoms with Crippen molar-refractivity contribution in [3.8, 4) is 0 Å². The molecule has 1 heterocycles. The van der Waals surface area contributed by atoms with Crippen LogP contribution in [0.1, 0.15) is 25.3 Å². The van der Waals surface area contributed by atoms with Gasteiger partial charge in [0.25, 0.3) is 0 Å². The number of nitrogens with two attached hydrogens (primary N) is 1. The Morgan fingerprint density at radius 1 is 1.41 bits per heavy atom. The van der Waals surface area contributed by atoms with E-state index in [0.29, 0.717) is 13.0 Å². The van der Waals surface area contributed by atoms with Gasteiger partial charge in [-0.3, -0.25) is 14.6 Å². The van der Waals surface area contributed by atoms with Gasteiger partial charge in [0, 0.05) is 18.9 Å². The van der Waals surface area contributed by atoms with Crippen molar-refractivity contribution < 1.29 is 9.59 Å². The molecule has 0 aromatic carbocycles. The molecule has 2 amide bonds. The van der Waals surface area contributed by atoms with Gasteiger partial charge >= 0.3 is 0 Å². The summed E-state index contributed by atoms with van der Waals surface area (Å²) in [4.78, 5) is 26.7. The van der Waals surface area contributed by atoms with E-state index >= 15 is 0 Å². The van der Waals surface area contributed by atoms with Gasteiger partial charge < -0.3 is 11.1 Å². The van der Waals surface area contributed by atoms with Crippen molar-refractivity contribution in [2.24, 2.45) is 11.7 Å². The second kappa shape index (κ2) is 6.62. The third-order valence-electron chi connectivity index (χ3n) is 2.45. The Kier molecular flexibility index (Phi) is 5.13. The largest absolute Gasteiger partial charge is 0.369 e. The fourth-order valence-corrected chi connectivity index (χ4v) is 1.50. The fraction of sp³-hybridized carbons (Fsp3) is 0.417. The fourth-order valence-electron chi connectivity index (χ4n) is 1.50. The van der Waals surface area contributed by atoms with Crippen LogP contribution in [0.15, 0.2) is 24.5 Å². The summed E-state index contributed by atoms with van der Waals surface area (Å²) >= 11 is 0. The summed E-state index contributed by atoms with van der Waals surface area (Å²) in [6.07, 6.45) is 4.53. The molecule has 1 aromatic heterocycles. The SMILES string of the molecule is CCCC(C(N)=O)C(=O)NCc1ccncc1. The first kappa shape index (κ1) is 13.2. The minimum absolute atomic E-state index is 0.309. The van der Waals surface area contributed by atoms with Gasteiger partial charge in [-0.2, -0.15) is 0 Å². The first-order valence-corrected chi connectivity index (χ1v) is 5.61. The van der Waals surface area contributed by atoms with Crippen molar-refractivity contribution >= 4 is 11.8 Å². The molecule has 5 heteroatoms. The van der Waals surface area contributed by atoms with Crippen LogP contribution in [-0.4, -0.2) is 16.8 Å². The lowest BCUT2D eigenvalue weighted by molar-refractivity contribution is -0.133. The van der Waals surface area contributed by atoms with Gasteiger partial charge in [0.1, 0.15) is 5.92 Å². The number of nitrogens with one attached hydrogen (secondary N) is 1. The molecular weight excluding hydrogens is 218 g/mol. The zero-order chi connectivity index (χ0) is 12.7. The van der Waals surface area contributed by atoms with Crippen LogP contribution in [0.4, 0.5) is 0 Å². The van der Waals surface area contributed by atoms with E-state index in [-0.39, 0.29) is 5.91 Å². The lowest BCUT2D eigenvalue weighted by Gasteiger charge is -2.12. The molecule has 92 valence electrons. The number of aromatic nitrogens is 1. The average molecular weight is 235 g/mol. The van der Waals surface area contributed by atoms with Gasteiger partial charge in [0.2, 0.25) is 11.8 Å². The summed E-state index contributed by atoms with van der Waals surface area (Å²) in [5.41, 5.74) is 6.12. The Morgan fingerprint density at radius 3 is 2.59 bits per heavy atom. The molecule has 0 aliphatic heterocycles. The number of nitrogens with zero attached hydrogens (tertiary/aromatic N) is 1. The number of rotatable bonds is 6. The Balaban J connectivity index is 2.50. The van der Waals surface area contributed by atoms with Crippen molar-refractivity contribution in [3.63, 3.8) is 0 Å². The van der Waals surface area contributed by atoms with E-state index in [9.17, 15) is 9.59 Å². The predicted octanol–water partition coefficient (Wildman–Crippen LogP) is 0.599. The standard InChI is InChI=1S/C12H17N3O2/c1-2-3-10(11(13)16)12(17)15-8-9-4-6-14-7-5-9/h4-7,10H,2-3,8H2,1H3,(H2,13,16)(H,15,17). The first-order valence-electron chi connectivity index (χ1n) is 5.61. The van der Waals surface area contributed by atoms with E-state index in [0.717, 1.165) is 12.0 Å². The molecule has 0 radical (unpaired) electrons. The lowest BCUT2D eigenvalue weighted by Crippen LogP contribution is -2.38. The Hall–Kier alpha value is -1.91. The lowest BCUT2D eigenvalue weighted by atomic mass is 10.0. The van der Waals surface area contributed by atoms with Crippen LogP contribution >= 0.6 is 0 Å². The molecule has 0 aliphatic carbocycles. The summed E-state index contributed by atoms with van der Waals surface area (Å²) in [5, 5.41) is 2.70. The van der Waals surface area contributed by atoms with E-state index in [1.807, 2.05) is 6.92 Å². The number of carbonyl (C=O) groups is 2. The van der Waals surface area contributed by atoms with Gasteiger partial charge in [-0.25, -0.2) is 0 Å². The van der Waals surface area contributed by atoms with Gasteiger partial charge in [0.05, 0.1) is 0 Å². The quantitative estimate of drug-likeness (QED) is 0.708. The van der Waals surface area contributed by atoms with Crippen molar-refractivity contribution in [2.75, 3.05) is 0 Å². The molecule has 0 spiro atoms. The maximum Gasteiger partial charge on any atom is 0.232 e. The molecule has 1 unspecified atom stereocenters. The smallest absolute Gasteiger partial charge is 0.232 e. The number of amides is 2. The third kappa shape index (κ3) is 4.22. The maximum absolute atomic E-state index is 11.7. The normalized spacial score (nSPS) is 11.8. The second-order valence-electron chi connectivity index (χ2n) is 3.82. The van der Waals surface area contributed by atoms with Crippen LogP contribution < -0.4 is 11.1 Å². The monoisotopic (exact) mass is 235 g/mol. The average Bonchev–Trinajstić information content (AvgIpc) is 2.34. The number of hydrogen-bond acceptors (Lipinski definition) is 3. The van der Waals surface area contributed by atoms with Gasteiger partial charge in [-0.05, 0) is 24.1 Å². The predicted molar refractivity (Wildman–Crippen MR) is 63.7 cm³/mol. The van der Waals surface area contributed by atoms with Crippen LogP contribution in [0.3, 0.4) is 0 Å². The highest BCUT2D eigenvalue weighted by molar-refractivity contribution is 5.99. The van der Waals surface area contributed by atoms with Crippen LogP contribution in [0.2, 0.25) is 0 Å². The Bertz CT molecular complexity index is 379. The van der Waals surface area contributed by atoms with Crippen LogP contribution in [-0.2, 0) is 16.1 Å². The molecule has 0 bridgehead atoms. The number of pyridine rings is 1. The highest BCUT2D eigenvalue weighted by Gasteiger charge is 2.22. The van der Waals surface area contributed by atoms with Crippen LogP contribution in [0.5, 0.6) is 0 Å². The van der Waals surface area contributed by atoms with Crippen molar-refractivity contribution in [2.45, 2.75) is 26.3 Å². The summed E-state index contributed by atoms with van der Waals surface area (Å²) in [5.74, 6) is -1.61. The molecule has 1 aromatic rings.